The molecule has 0 saturated carbocycles. The maximum atomic E-state index is 13.7. The second kappa shape index (κ2) is 11.7. The lowest BCUT2D eigenvalue weighted by Gasteiger charge is -2.36. The number of rotatable bonds is 11. The van der Waals surface area contributed by atoms with Crippen LogP contribution in [-0.2, 0) is 4.79 Å². The molecule has 3 aliphatic carbocycles. The highest BCUT2D eigenvalue weighted by molar-refractivity contribution is 5.93. The molecule has 3 aliphatic rings. The van der Waals surface area contributed by atoms with Crippen LogP contribution in [0.4, 0.5) is 13.2 Å². The van der Waals surface area contributed by atoms with Crippen molar-refractivity contribution in [1.82, 2.24) is 10.2 Å². The van der Waals surface area contributed by atoms with Crippen molar-refractivity contribution in [1.29, 1.82) is 0 Å². The van der Waals surface area contributed by atoms with Gasteiger partial charge < -0.3 is 10.2 Å². The van der Waals surface area contributed by atoms with Gasteiger partial charge in [0.15, 0.2) is 0 Å². The lowest BCUT2D eigenvalue weighted by atomic mass is 9.68. The van der Waals surface area contributed by atoms with Crippen molar-refractivity contribution >= 4 is 5.91 Å². The molecule has 0 spiro atoms. The van der Waals surface area contributed by atoms with E-state index in [-0.39, 0.29) is 0 Å². The lowest BCUT2D eigenvalue weighted by molar-refractivity contribution is -0.142. The Morgan fingerprint density at radius 2 is 1.74 bits per heavy atom. The zero-order valence-corrected chi connectivity index (χ0v) is 21.1. The number of unbranched alkanes of at least 4 members (excludes halogenated alkanes) is 1. The van der Waals surface area contributed by atoms with Crippen LogP contribution in [0, 0.1) is 11.3 Å². The van der Waals surface area contributed by atoms with Gasteiger partial charge in [0.2, 0.25) is 5.91 Å². The SMILES string of the molecule is CCN(CCCCC1(C(=O)NCC(F)(F)F)C2=C(C=CCC2)C2=C1CCCC=C2)CCC(C)C. The summed E-state index contributed by atoms with van der Waals surface area (Å²) in [5, 5.41) is 2.29. The molecule has 3 rings (SSSR count). The standard InChI is InChI=1S/C28H41F3N2O/c1-4-33(19-16-21(2)3)18-11-10-17-27(26(34)32-20-28(29,30)31)24-14-7-5-6-12-22(24)23-13-8-9-15-25(23)27/h6,8,12-13,21H,4-5,7,9-11,14-20H2,1-3H3,(H,32,34). The van der Waals surface area contributed by atoms with Crippen molar-refractivity contribution in [3.8, 4) is 0 Å². The van der Waals surface area contributed by atoms with Crippen LogP contribution in [0.25, 0.3) is 0 Å². The van der Waals surface area contributed by atoms with E-state index in [0.29, 0.717) is 12.3 Å². The number of hydrogen-bond donors (Lipinski definition) is 1. The summed E-state index contributed by atoms with van der Waals surface area (Å²) < 4.78 is 39.2. The highest BCUT2D eigenvalue weighted by Gasteiger charge is 2.51. The Balaban J connectivity index is 1.84. The van der Waals surface area contributed by atoms with Gasteiger partial charge in [-0.05, 0) is 99.2 Å². The van der Waals surface area contributed by atoms with Gasteiger partial charge in [-0.3, -0.25) is 4.79 Å². The van der Waals surface area contributed by atoms with Gasteiger partial charge in [-0.25, -0.2) is 0 Å². The first-order valence-corrected chi connectivity index (χ1v) is 13.1. The van der Waals surface area contributed by atoms with Crippen molar-refractivity contribution in [2.24, 2.45) is 11.3 Å². The smallest absolute Gasteiger partial charge is 0.346 e. The molecular formula is C28H41F3N2O. The molecule has 34 heavy (non-hydrogen) atoms. The van der Waals surface area contributed by atoms with Gasteiger partial charge in [0, 0.05) is 0 Å². The number of halogens is 3. The molecular weight excluding hydrogens is 437 g/mol. The van der Waals surface area contributed by atoms with E-state index >= 15 is 0 Å². The molecule has 0 radical (unpaired) electrons. The van der Waals surface area contributed by atoms with E-state index in [2.05, 4.69) is 55.3 Å². The maximum Gasteiger partial charge on any atom is 0.405 e. The highest BCUT2D eigenvalue weighted by Crippen LogP contribution is 2.56. The van der Waals surface area contributed by atoms with E-state index in [9.17, 15) is 18.0 Å². The zero-order valence-electron chi connectivity index (χ0n) is 21.1. The van der Waals surface area contributed by atoms with E-state index in [1.807, 2.05) is 0 Å². The van der Waals surface area contributed by atoms with Crippen LogP contribution in [0.3, 0.4) is 0 Å². The second-order valence-electron chi connectivity index (χ2n) is 10.3. The van der Waals surface area contributed by atoms with Gasteiger partial charge in [0.05, 0.1) is 5.41 Å². The minimum Gasteiger partial charge on any atom is -0.346 e. The average molecular weight is 479 g/mol. The van der Waals surface area contributed by atoms with Crippen LogP contribution >= 0.6 is 0 Å². The van der Waals surface area contributed by atoms with Gasteiger partial charge >= 0.3 is 6.18 Å². The van der Waals surface area contributed by atoms with E-state index in [1.54, 1.807) is 0 Å². The summed E-state index contributed by atoms with van der Waals surface area (Å²) in [5.41, 5.74) is 3.30. The molecule has 1 atom stereocenters. The molecule has 0 aromatic rings. The first-order chi connectivity index (χ1) is 16.2. The minimum atomic E-state index is -4.42. The van der Waals surface area contributed by atoms with Gasteiger partial charge in [0.25, 0.3) is 0 Å². The summed E-state index contributed by atoms with van der Waals surface area (Å²) in [7, 11) is 0. The third-order valence-corrected chi connectivity index (χ3v) is 7.48. The van der Waals surface area contributed by atoms with Crippen molar-refractivity contribution in [3.05, 3.63) is 46.6 Å². The normalized spacial score (nSPS) is 22.5. The number of carbonyl (C=O) groups excluding carboxylic acids is 1. The highest BCUT2D eigenvalue weighted by atomic mass is 19.4. The third-order valence-electron chi connectivity index (χ3n) is 7.48. The predicted octanol–water partition coefficient (Wildman–Crippen LogP) is 6.89. The zero-order chi connectivity index (χ0) is 24.8. The van der Waals surface area contributed by atoms with Gasteiger partial charge in [-0.1, -0.05) is 51.5 Å². The molecule has 0 heterocycles. The molecule has 6 heteroatoms. The average Bonchev–Trinajstić information content (AvgIpc) is 2.92. The Morgan fingerprint density at radius 3 is 2.38 bits per heavy atom. The first-order valence-electron chi connectivity index (χ1n) is 13.1. The predicted molar refractivity (Wildman–Crippen MR) is 132 cm³/mol. The molecule has 1 unspecified atom stereocenters. The first kappa shape index (κ1) is 26.8. The summed E-state index contributed by atoms with van der Waals surface area (Å²) in [6.07, 6.45) is 11.7. The fraction of sp³-hybridized carbons (Fsp3) is 0.679. The fourth-order valence-electron chi connectivity index (χ4n) is 5.69. The number of allylic oxidation sites excluding steroid dienone is 6. The number of fused-ring (bicyclic) bond motifs is 1. The van der Waals surface area contributed by atoms with Crippen molar-refractivity contribution in [2.45, 2.75) is 84.7 Å². The molecule has 190 valence electrons. The summed E-state index contributed by atoms with van der Waals surface area (Å²) in [6.45, 7) is 8.37. The number of nitrogens with one attached hydrogen (secondary N) is 1. The fourth-order valence-corrected chi connectivity index (χ4v) is 5.69. The third kappa shape index (κ3) is 6.24. The molecule has 0 aromatic heterocycles. The summed E-state index contributed by atoms with van der Waals surface area (Å²) in [6, 6.07) is 0. The molecule has 0 bridgehead atoms. The maximum absolute atomic E-state index is 13.7. The van der Waals surface area contributed by atoms with E-state index in [0.717, 1.165) is 93.3 Å². The summed E-state index contributed by atoms with van der Waals surface area (Å²) >= 11 is 0. The minimum absolute atomic E-state index is 0.458. The summed E-state index contributed by atoms with van der Waals surface area (Å²) in [4.78, 5) is 16.1. The van der Waals surface area contributed by atoms with Crippen molar-refractivity contribution < 1.29 is 18.0 Å². The van der Waals surface area contributed by atoms with Crippen LogP contribution < -0.4 is 5.32 Å². The Bertz CT molecular complexity index is 850. The monoisotopic (exact) mass is 478 g/mol. The number of carbonyl (C=O) groups is 1. The van der Waals surface area contributed by atoms with E-state index < -0.39 is 24.0 Å². The quantitative estimate of drug-likeness (QED) is 0.328. The van der Waals surface area contributed by atoms with Gasteiger partial charge in [-0.15, -0.1) is 0 Å². The molecule has 3 nitrogen and oxygen atoms in total. The van der Waals surface area contributed by atoms with Crippen LogP contribution in [0.5, 0.6) is 0 Å². The summed E-state index contributed by atoms with van der Waals surface area (Å²) in [5.74, 6) is 0.201. The number of hydrogen-bond acceptors (Lipinski definition) is 2. The molecule has 0 aliphatic heterocycles. The van der Waals surface area contributed by atoms with Crippen molar-refractivity contribution in [3.63, 3.8) is 0 Å². The van der Waals surface area contributed by atoms with E-state index in [4.69, 9.17) is 0 Å². The molecule has 0 fully saturated rings. The Morgan fingerprint density at radius 1 is 1.06 bits per heavy atom. The largest absolute Gasteiger partial charge is 0.405 e. The van der Waals surface area contributed by atoms with Gasteiger partial charge in [0.1, 0.15) is 6.54 Å². The Kier molecular flexibility index (Phi) is 9.25. The molecule has 0 aromatic carbocycles. The second-order valence-corrected chi connectivity index (χ2v) is 10.3. The van der Waals surface area contributed by atoms with Crippen LogP contribution in [0.2, 0.25) is 0 Å². The number of nitrogens with zero attached hydrogens (tertiary/aromatic N) is 1. The van der Waals surface area contributed by atoms with Crippen LogP contribution in [-0.4, -0.2) is 43.2 Å². The number of amides is 1. The molecule has 1 N–H and O–H groups in total. The van der Waals surface area contributed by atoms with Crippen LogP contribution in [0.15, 0.2) is 46.6 Å². The van der Waals surface area contributed by atoms with Gasteiger partial charge in [-0.2, -0.15) is 13.2 Å². The molecule has 0 saturated heterocycles. The number of alkyl halides is 3. The van der Waals surface area contributed by atoms with E-state index in [1.165, 1.54) is 0 Å². The van der Waals surface area contributed by atoms with Crippen molar-refractivity contribution in [2.75, 3.05) is 26.2 Å². The molecule has 1 amide bonds. The lowest BCUT2D eigenvalue weighted by Crippen LogP contribution is -2.46. The Labute approximate surface area is 203 Å². The van der Waals surface area contributed by atoms with Crippen LogP contribution in [0.1, 0.15) is 78.6 Å². The Hall–Kier alpha value is -1.82. The topological polar surface area (TPSA) is 32.3 Å².